The molecule has 112 valence electrons. The Morgan fingerprint density at radius 2 is 2.00 bits per heavy atom. The van der Waals surface area contributed by atoms with Gasteiger partial charge in [-0.1, -0.05) is 12.1 Å². The summed E-state index contributed by atoms with van der Waals surface area (Å²) in [5.74, 6) is -0.571. The smallest absolute Gasteiger partial charge is 0.289 e. The lowest BCUT2D eigenvalue weighted by Gasteiger charge is -2.17. The molecule has 3 rings (SSSR count). The molecule has 1 N–H and O–H groups in total. The first-order valence-electron chi connectivity index (χ1n) is 6.42. The Morgan fingerprint density at radius 1 is 1.29 bits per heavy atom. The van der Waals surface area contributed by atoms with Gasteiger partial charge in [-0.25, -0.2) is 8.42 Å². The Labute approximate surface area is 120 Å². The second kappa shape index (κ2) is 4.78. The van der Waals surface area contributed by atoms with Crippen molar-refractivity contribution in [2.45, 2.75) is 4.90 Å². The van der Waals surface area contributed by atoms with Gasteiger partial charge in [0, 0.05) is 31.6 Å². The van der Waals surface area contributed by atoms with Crippen molar-refractivity contribution in [1.29, 1.82) is 0 Å². The number of sulfonamides is 1. The molecule has 2 aliphatic heterocycles. The van der Waals surface area contributed by atoms with Gasteiger partial charge in [-0.2, -0.15) is 4.31 Å². The molecule has 21 heavy (non-hydrogen) atoms. The number of rotatable bonds is 3. The van der Waals surface area contributed by atoms with Crippen molar-refractivity contribution in [2.75, 3.05) is 19.6 Å². The molecule has 0 spiro atoms. The van der Waals surface area contributed by atoms with Gasteiger partial charge in [0.25, 0.3) is 5.69 Å². The first kappa shape index (κ1) is 14.0. The molecule has 8 nitrogen and oxygen atoms in total. The molecule has 9 heteroatoms. The third kappa shape index (κ3) is 2.18. The van der Waals surface area contributed by atoms with Gasteiger partial charge in [-0.3, -0.25) is 14.9 Å². The van der Waals surface area contributed by atoms with E-state index in [-0.39, 0.29) is 35.7 Å². The number of nitro groups is 1. The summed E-state index contributed by atoms with van der Waals surface area (Å²) < 4.78 is 26.3. The number of hydrogen-bond acceptors (Lipinski definition) is 5. The van der Waals surface area contributed by atoms with Gasteiger partial charge in [0.05, 0.1) is 10.8 Å². The number of nitrogens with one attached hydrogen (secondary N) is 1. The number of carbonyl (C=O) groups is 1. The normalized spacial score (nSPS) is 25.6. The first-order valence-corrected chi connectivity index (χ1v) is 7.86. The Balaban J connectivity index is 1.96. The van der Waals surface area contributed by atoms with E-state index in [1.54, 1.807) is 0 Å². The first-order chi connectivity index (χ1) is 9.91. The zero-order valence-corrected chi connectivity index (χ0v) is 11.7. The number of benzene rings is 1. The lowest BCUT2D eigenvalue weighted by atomic mass is 10.0. The highest BCUT2D eigenvalue weighted by Gasteiger charge is 2.47. The molecule has 1 amide bonds. The maximum absolute atomic E-state index is 12.6. The zero-order valence-electron chi connectivity index (χ0n) is 10.9. The number of nitro benzene ring substituents is 1. The highest BCUT2D eigenvalue weighted by Crippen LogP contribution is 2.34. The second-order valence-electron chi connectivity index (χ2n) is 5.16. The van der Waals surface area contributed by atoms with Crippen LogP contribution in [0.4, 0.5) is 5.69 Å². The average molecular weight is 311 g/mol. The summed E-state index contributed by atoms with van der Waals surface area (Å²) in [6, 6.07) is 5.25. The van der Waals surface area contributed by atoms with Crippen LogP contribution in [0.5, 0.6) is 0 Å². The third-order valence-electron chi connectivity index (χ3n) is 3.96. The molecule has 1 aromatic carbocycles. The second-order valence-corrected chi connectivity index (χ2v) is 7.06. The van der Waals surface area contributed by atoms with E-state index in [0.717, 1.165) is 6.07 Å². The Kier molecular flexibility index (Phi) is 3.18. The lowest BCUT2D eigenvalue weighted by molar-refractivity contribution is -0.387. The van der Waals surface area contributed by atoms with E-state index in [9.17, 15) is 23.3 Å². The third-order valence-corrected chi connectivity index (χ3v) is 5.84. The number of hydrogen-bond donors (Lipinski definition) is 1. The molecule has 0 saturated carbocycles. The fraction of sp³-hybridized carbons (Fsp3) is 0.417. The summed E-state index contributed by atoms with van der Waals surface area (Å²) in [7, 11) is -3.97. The van der Waals surface area contributed by atoms with Crippen molar-refractivity contribution in [3.63, 3.8) is 0 Å². The maximum atomic E-state index is 12.6. The molecule has 0 unspecified atom stereocenters. The van der Waals surface area contributed by atoms with Crippen molar-refractivity contribution in [2.24, 2.45) is 11.8 Å². The summed E-state index contributed by atoms with van der Waals surface area (Å²) in [6.45, 7) is 0.731. The van der Waals surface area contributed by atoms with E-state index in [4.69, 9.17) is 0 Å². The summed E-state index contributed by atoms with van der Waals surface area (Å²) in [6.07, 6.45) is 0. The van der Waals surface area contributed by atoms with Gasteiger partial charge < -0.3 is 5.32 Å². The minimum Gasteiger partial charge on any atom is -0.355 e. The van der Waals surface area contributed by atoms with Crippen LogP contribution in [0.1, 0.15) is 0 Å². The number of carbonyl (C=O) groups excluding carboxylic acids is 1. The van der Waals surface area contributed by atoms with Crippen LogP contribution in [0.2, 0.25) is 0 Å². The SMILES string of the molecule is O=C1NC[C@@H]2CN(S(=O)(=O)c3ccccc3[N+](=O)[O-])C[C@H]12. The standard InChI is InChI=1S/C12H13N3O5S/c16-12-9-7-14(6-8(9)5-13-12)21(19,20)11-4-2-1-3-10(11)15(17)18/h1-4,8-9H,5-7H2,(H,13,16)/t8-,9+/m1/s1. The minimum atomic E-state index is -3.97. The lowest BCUT2D eigenvalue weighted by Crippen LogP contribution is -2.33. The molecule has 0 aliphatic carbocycles. The summed E-state index contributed by atoms with van der Waals surface area (Å²) >= 11 is 0. The molecule has 2 aliphatic rings. The van der Waals surface area contributed by atoms with Crippen molar-refractivity contribution in [3.05, 3.63) is 34.4 Å². The van der Waals surface area contributed by atoms with Crippen LogP contribution in [-0.4, -0.2) is 43.2 Å². The van der Waals surface area contributed by atoms with E-state index in [1.807, 2.05) is 0 Å². The van der Waals surface area contributed by atoms with Crippen molar-refractivity contribution in [3.8, 4) is 0 Å². The van der Waals surface area contributed by atoms with Crippen LogP contribution in [0, 0.1) is 22.0 Å². The maximum Gasteiger partial charge on any atom is 0.289 e. The molecular weight excluding hydrogens is 298 g/mol. The molecule has 2 saturated heterocycles. The monoisotopic (exact) mass is 311 g/mol. The molecular formula is C12H13N3O5S. The van der Waals surface area contributed by atoms with Crippen LogP contribution < -0.4 is 5.32 Å². The topological polar surface area (TPSA) is 110 Å². The van der Waals surface area contributed by atoms with E-state index >= 15 is 0 Å². The quantitative estimate of drug-likeness (QED) is 0.622. The predicted octanol–water partition coefficient (Wildman–Crippen LogP) is -0.0387. The van der Waals surface area contributed by atoms with Crippen LogP contribution in [0.3, 0.4) is 0 Å². The number of para-hydroxylation sites is 1. The molecule has 2 fully saturated rings. The van der Waals surface area contributed by atoms with Gasteiger partial charge in [0.2, 0.25) is 15.9 Å². The van der Waals surface area contributed by atoms with Crippen LogP contribution in [0.15, 0.2) is 29.2 Å². The fourth-order valence-electron chi connectivity index (χ4n) is 2.86. The van der Waals surface area contributed by atoms with E-state index in [1.165, 1.54) is 22.5 Å². The Morgan fingerprint density at radius 3 is 2.67 bits per heavy atom. The molecule has 1 aromatic rings. The van der Waals surface area contributed by atoms with Crippen molar-refractivity contribution in [1.82, 2.24) is 9.62 Å². The van der Waals surface area contributed by atoms with Gasteiger partial charge in [0.1, 0.15) is 0 Å². The Hall–Kier alpha value is -2.00. The summed E-state index contributed by atoms with van der Waals surface area (Å²) in [5.41, 5.74) is -0.445. The summed E-state index contributed by atoms with van der Waals surface area (Å²) in [5, 5.41) is 13.7. The van der Waals surface area contributed by atoms with Crippen LogP contribution in [-0.2, 0) is 14.8 Å². The van der Waals surface area contributed by atoms with Gasteiger partial charge >= 0.3 is 0 Å². The molecule has 0 bridgehead atoms. The number of fused-ring (bicyclic) bond motifs is 1. The van der Waals surface area contributed by atoms with Crippen LogP contribution in [0.25, 0.3) is 0 Å². The molecule has 0 radical (unpaired) electrons. The minimum absolute atomic E-state index is 0.0601. The molecule has 2 atom stereocenters. The highest BCUT2D eigenvalue weighted by atomic mass is 32.2. The van der Waals surface area contributed by atoms with Gasteiger partial charge in [0.15, 0.2) is 4.90 Å². The van der Waals surface area contributed by atoms with E-state index in [2.05, 4.69) is 5.32 Å². The number of amides is 1. The average Bonchev–Trinajstić information content (AvgIpc) is 3.02. The molecule has 2 heterocycles. The number of nitrogens with zero attached hydrogens (tertiary/aromatic N) is 2. The van der Waals surface area contributed by atoms with E-state index in [0.29, 0.717) is 6.54 Å². The highest BCUT2D eigenvalue weighted by molar-refractivity contribution is 7.89. The predicted molar refractivity (Wildman–Crippen MR) is 71.8 cm³/mol. The summed E-state index contributed by atoms with van der Waals surface area (Å²) in [4.78, 5) is 21.6. The fourth-order valence-corrected chi connectivity index (χ4v) is 4.54. The Bertz CT molecular complexity index is 717. The van der Waals surface area contributed by atoms with Crippen molar-refractivity contribution >= 4 is 21.6 Å². The van der Waals surface area contributed by atoms with Crippen molar-refractivity contribution < 1.29 is 18.1 Å². The molecule has 0 aromatic heterocycles. The largest absolute Gasteiger partial charge is 0.355 e. The van der Waals surface area contributed by atoms with Gasteiger partial charge in [-0.05, 0) is 6.07 Å². The van der Waals surface area contributed by atoms with Crippen LogP contribution >= 0.6 is 0 Å². The zero-order chi connectivity index (χ0) is 15.2. The van der Waals surface area contributed by atoms with Gasteiger partial charge in [-0.15, -0.1) is 0 Å². The van der Waals surface area contributed by atoms with E-state index < -0.39 is 20.6 Å².